The minimum atomic E-state index is -0.849. The molecule has 6 nitrogen and oxygen atoms in total. The molecular weight excluding hydrogens is 258 g/mol. The molecule has 0 radical (unpaired) electrons. The Morgan fingerprint density at radius 2 is 1.44 bits per heavy atom. The first kappa shape index (κ1) is 14.2. The van der Waals surface area contributed by atoms with Gasteiger partial charge in [-0.05, 0) is 6.92 Å². The Balaban J connectivity index is 3.81. The van der Waals surface area contributed by atoms with Crippen molar-refractivity contribution in [1.29, 1.82) is 0 Å². The third-order valence-corrected chi connectivity index (χ3v) is 2.51. The molecule has 0 saturated heterocycles. The molecule has 1 atom stereocenters. The first-order valence-corrected chi connectivity index (χ1v) is 5.71. The highest BCUT2D eigenvalue weighted by Crippen LogP contribution is 2.02. The van der Waals surface area contributed by atoms with Crippen LogP contribution in [0.3, 0.4) is 0 Å². The number of hydrogen-bond donors (Lipinski definition) is 0. The van der Waals surface area contributed by atoms with Gasteiger partial charge in [-0.1, -0.05) is 23.8 Å². The van der Waals surface area contributed by atoms with Gasteiger partial charge in [-0.2, -0.15) is 0 Å². The van der Waals surface area contributed by atoms with Crippen molar-refractivity contribution in [2.45, 2.75) is 25.5 Å². The van der Waals surface area contributed by atoms with Gasteiger partial charge in [-0.15, -0.1) is 13.2 Å². The maximum atomic E-state index is 12.0. The summed E-state index contributed by atoms with van der Waals surface area (Å²) in [6.07, 6.45) is 2.80. The number of rotatable bonds is 5. The summed E-state index contributed by atoms with van der Waals surface area (Å²) in [5.41, 5.74) is -3.03. The van der Waals surface area contributed by atoms with Gasteiger partial charge >= 0.3 is 17.1 Å². The summed E-state index contributed by atoms with van der Waals surface area (Å²) < 4.78 is 2.61. The maximum Gasteiger partial charge on any atom is 0.337 e. The molecule has 0 aromatic carbocycles. The molecule has 0 aliphatic carbocycles. The van der Waals surface area contributed by atoms with Gasteiger partial charge in [0.25, 0.3) is 0 Å². The number of nitrogens with zero attached hydrogens (tertiary/aromatic N) is 3. The fourth-order valence-corrected chi connectivity index (χ4v) is 1.69. The Morgan fingerprint density at radius 1 is 1.06 bits per heavy atom. The van der Waals surface area contributed by atoms with E-state index in [0.717, 1.165) is 13.7 Å². The van der Waals surface area contributed by atoms with Crippen molar-refractivity contribution in [3.8, 4) is 0 Å². The summed E-state index contributed by atoms with van der Waals surface area (Å²) >= 11 is 5.79. The summed E-state index contributed by atoms with van der Waals surface area (Å²) in [5.74, 6) is 0. The van der Waals surface area contributed by atoms with Crippen LogP contribution < -0.4 is 17.1 Å². The summed E-state index contributed by atoms with van der Waals surface area (Å²) in [7, 11) is 0. The lowest BCUT2D eigenvalue weighted by atomic mass is 10.5. The van der Waals surface area contributed by atoms with E-state index in [1.807, 2.05) is 0 Å². The largest absolute Gasteiger partial charge is 0.337 e. The second-order valence-corrected chi connectivity index (χ2v) is 4.22. The molecule has 0 fully saturated rings. The highest BCUT2D eigenvalue weighted by molar-refractivity contribution is 6.18. The molecule has 7 heteroatoms. The zero-order chi connectivity index (χ0) is 13.9. The molecule has 98 valence electrons. The minimum Gasteiger partial charge on any atom is -0.247 e. The average molecular weight is 272 g/mol. The van der Waals surface area contributed by atoms with E-state index in [1.165, 1.54) is 19.1 Å². The SMILES string of the molecule is C=CCn1c(=O)n(CC=C)c(=O)n(C(C)Cl)c1=O. The highest BCUT2D eigenvalue weighted by atomic mass is 35.5. The van der Waals surface area contributed by atoms with Gasteiger partial charge in [0, 0.05) is 0 Å². The lowest BCUT2D eigenvalue weighted by Gasteiger charge is -2.13. The smallest absolute Gasteiger partial charge is 0.247 e. The van der Waals surface area contributed by atoms with E-state index in [-0.39, 0.29) is 13.1 Å². The van der Waals surface area contributed by atoms with Crippen LogP contribution in [0.2, 0.25) is 0 Å². The first-order chi connectivity index (χ1) is 8.45. The van der Waals surface area contributed by atoms with E-state index in [4.69, 9.17) is 11.6 Å². The molecule has 1 aromatic heterocycles. The molecule has 18 heavy (non-hydrogen) atoms. The van der Waals surface area contributed by atoms with Gasteiger partial charge in [0.05, 0.1) is 13.1 Å². The Morgan fingerprint density at radius 3 is 1.72 bits per heavy atom. The molecule has 0 amide bonds. The van der Waals surface area contributed by atoms with Gasteiger partial charge in [0.15, 0.2) is 0 Å². The zero-order valence-corrected chi connectivity index (χ0v) is 10.8. The standard InChI is InChI=1S/C11H14ClN3O3/c1-4-6-13-9(16)14(7-5-2)11(18)15(8(3)12)10(13)17/h4-5,8H,1-2,6-7H2,3H3. The zero-order valence-electron chi connectivity index (χ0n) is 10.0. The van der Waals surface area contributed by atoms with Crippen molar-refractivity contribution in [2.24, 2.45) is 0 Å². The lowest BCUT2D eigenvalue weighted by molar-refractivity contribution is 0.482. The topological polar surface area (TPSA) is 66.0 Å². The van der Waals surface area contributed by atoms with E-state index in [9.17, 15) is 14.4 Å². The van der Waals surface area contributed by atoms with Crippen LogP contribution in [0, 0.1) is 0 Å². The molecule has 0 spiro atoms. The van der Waals surface area contributed by atoms with E-state index < -0.39 is 22.6 Å². The third-order valence-electron chi connectivity index (χ3n) is 2.31. The molecule has 0 aliphatic heterocycles. The van der Waals surface area contributed by atoms with E-state index in [0.29, 0.717) is 0 Å². The first-order valence-electron chi connectivity index (χ1n) is 5.27. The number of aromatic nitrogens is 3. The van der Waals surface area contributed by atoms with Crippen LogP contribution in [0.5, 0.6) is 0 Å². The second kappa shape index (κ2) is 5.68. The van der Waals surface area contributed by atoms with Gasteiger partial charge < -0.3 is 0 Å². The number of halogens is 1. The monoisotopic (exact) mass is 271 g/mol. The van der Waals surface area contributed by atoms with E-state index in [1.54, 1.807) is 0 Å². The van der Waals surface area contributed by atoms with Crippen LogP contribution in [0.15, 0.2) is 39.7 Å². The molecular formula is C11H14ClN3O3. The molecule has 0 N–H and O–H groups in total. The maximum absolute atomic E-state index is 12.0. The van der Waals surface area contributed by atoms with Gasteiger partial charge in [0.1, 0.15) is 5.50 Å². The molecule has 0 saturated carbocycles. The van der Waals surface area contributed by atoms with Crippen molar-refractivity contribution in [3.63, 3.8) is 0 Å². The number of allylic oxidation sites excluding steroid dienone is 2. The van der Waals surface area contributed by atoms with Crippen LogP contribution in [0.1, 0.15) is 12.4 Å². The summed E-state index contributed by atoms with van der Waals surface area (Å²) in [5, 5.41) is 0. The van der Waals surface area contributed by atoms with E-state index in [2.05, 4.69) is 13.2 Å². The van der Waals surface area contributed by atoms with Gasteiger partial charge in [-0.25, -0.2) is 28.1 Å². The van der Waals surface area contributed by atoms with Crippen LogP contribution in [0.25, 0.3) is 0 Å². The van der Waals surface area contributed by atoms with Crippen molar-refractivity contribution < 1.29 is 0 Å². The Hall–Kier alpha value is -1.82. The molecule has 0 bridgehead atoms. The average Bonchev–Trinajstić information content (AvgIpc) is 2.30. The van der Waals surface area contributed by atoms with Crippen LogP contribution in [0.4, 0.5) is 0 Å². The van der Waals surface area contributed by atoms with Crippen LogP contribution in [-0.4, -0.2) is 13.7 Å². The van der Waals surface area contributed by atoms with E-state index >= 15 is 0 Å². The summed E-state index contributed by atoms with van der Waals surface area (Å²) in [4.78, 5) is 35.8. The minimum absolute atomic E-state index is 0.0126. The van der Waals surface area contributed by atoms with Crippen LogP contribution >= 0.6 is 11.6 Å². The number of hydrogen-bond acceptors (Lipinski definition) is 3. The predicted octanol–water partition coefficient (Wildman–Crippen LogP) is 0.301. The molecule has 1 aromatic rings. The second-order valence-electron chi connectivity index (χ2n) is 3.59. The highest BCUT2D eigenvalue weighted by Gasteiger charge is 2.16. The predicted molar refractivity (Wildman–Crippen MR) is 70.2 cm³/mol. The fourth-order valence-electron chi connectivity index (χ4n) is 1.53. The van der Waals surface area contributed by atoms with Gasteiger partial charge in [-0.3, -0.25) is 0 Å². The quantitative estimate of drug-likeness (QED) is 0.571. The number of alkyl halides is 1. The lowest BCUT2D eigenvalue weighted by Crippen LogP contribution is -2.54. The normalized spacial score (nSPS) is 12.1. The Bertz CT molecular complexity index is 588. The molecule has 1 heterocycles. The summed E-state index contributed by atoms with van der Waals surface area (Å²) in [6.45, 7) is 8.43. The van der Waals surface area contributed by atoms with Gasteiger partial charge in [0.2, 0.25) is 0 Å². The summed E-state index contributed by atoms with van der Waals surface area (Å²) in [6, 6.07) is 0. The molecule has 1 unspecified atom stereocenters. The third kappa shape index (κ3) is 2.38. The van der Waals surface area contributed by atoms with Crippen molar-refractivity contribution in [2.75, 3.05) is 0 Å². The van der Waals surface area contributed by atoms with Crippen molar-refractivity contribution in [1.82, 2.24) is 13.7 Å². The Labute approximate surface area is 108 Å². The molecule has 0 aliphatic rings. The fraction of sp³-hybridized carbons (Fsp3) is 0.364. The van der Waals surface area contributed by atoms with Crippen molar-refractivity contribution in [3.05, 3.63) is 56.8 Å². The molecule has 1 rings (SSSR count). The van der Waals surface area contributed by atoms with Crippen molar-refractivity contribution >= 4 is 11.6 Å². The Kier molecular flexibility index (Phi) is 4.49. The van der Waals surface area contributed by atoms with Crippen LogP contribution in [-0.2, 0) is 13.1 Å².